The summed E-state index contributed by atoms with van der Waals surface area (Å²) >= 11 is 0. The molecule has 2 heterocycles. The number of hydrogen-bond acceptors (Lipinski definition) is 3. The second-order valence-corrected chi connectivity index (χ2v) is 3.77. The Morgan fingerprint density at radius 1 is 1.33 bits per heavy atom. The zero-order valence-electron chi connectivity index (χ0n) is 9.53. The zero-order chi connectivity index (χ0) is 13.3. The third-order valence-corrected chi connectivity index (χ3v) is 2.58. The average Bonchev–Trinajstić information content (AvgIpc) is 2.58. The Morgan fingerprint density at radius 3 is 2.67 bits per heavy atom. The van der Waals surface area contributed by atoms with E-state index in [9.17, 15) is 14.4 Å². The molecule has 1 amide bonds. The van der Waals surface area contributed by atoms with Crippen LogP contribution in [-0.2, 0) is 4.79 Å². The fourth-order valence-corrected chi connectivity index (χ4v) is 1.75. The van der Waals surface area contributed by atoms with Crippen molar-refractivity contribution in [2.75, 3.05) is 11.4 Å². The number of carbonyl (C=O) groups is 1. The van der Waals surface area contributed by atoms with Crippen molar-refractivity contribution in [2.45, 2.75) is 0 Å². The van der Waals surface area contributed by atoms with E-state index in [-0.39, 0.29) is 18.1 Å². The van der Waals surface area contributed by atoms with Crippen molar-refractivity contribution in [3.63, 3.8) is 0 Å². The molecule has 0 unspecified atom stereocenters. The normalized spacial score (nSPS) is 17.6. The smallest absolute Gasteiger partial charge is 0.312 e. The summed E-state index contributed by atoms with van der Waals surface area (Å²) in [6.07, 6.45) is 4.24. The summed E-state index contributed by atoms with van der Waals surface area (Å²) in [5.74, 6) is -0.336. The summed E-state index contributed by atoms with van der Waals surface area (Å²) in [5.41, 5.74) is -0.120. The van der Waals surface area contributed by atoms with Crippen LogP contribution in [0.1, 0.15) is 0 Å². The summed E-state index contributed by atoms with van der Waals surface area (Å²) in [5, 5.41) is 0. The molecule has 92 valence electrons. The number of nitrogens with zero attached hydrogens (tertiary/aromatic N) is 1. The number of allylic oxidation sites excluding steroid dienone is 2. The Bertz CT molecular complexity index is 678. The second-order valence-electron chi connectivity index (χ2n) is 3.77. The first kappa shape index (κ1) is 11.8. The summed E-state index contributed by atoms with van der Waals surface area (Å²) in [4.78, 5) is 40.2. The molecule has 1 aromatic rings. The molecule has 2 rings (SSSR count). The van der Waals surface area contributed by atoms with Crippen molar-refractivity contribution in [3.8, 4) is 0 Å². The zero-order valence-corrected chi connectivity index (χ0v) is 9.53. The van der Waals surface area contributed by atoms with E-state index in [2.05, 4.69) is 23.1 Å². The highest BCUT2D eigenvalue weighted by molar-refractivity contribution is 6.12. The molecule has 0 bridgehead atoms. The Balaban J connectivity index is 2.48. The second kappa shape index (κ2) is 4.33. The van der Waals surface area contributed by atoms with E-state index in [1.165, 1.54) is 17.2 Å². The average molecular weight is 245 g/mol. The van der Waals surface area contributed by atoms with Gasteiger partial charge in [-0.1, -0.05) is 19.2 Å². The third-order valence-electron chi connectivity index (χ3n) is 2.58. The van der Waals surface area contributed by atoms with Crippen molar-refractivity contribution < 1.29 is 4.79 Å². The summed E-state index contributed by atoms with van der Waals surface area (Å²) in [7, 11) is 0. The Hall–Kier alpha value is -2.63. The molecule has 18 heavy (non-hydrogen) atoms. The van der Waals surface area contributed by atoms with Crippen LogP contribution in [0, 0.1) is 0 Å². The predicted octanol–water partition coefficient (Wildman–Crippen LogP) is 0.0784. The molecule has 0 saturated carbocycles. The molecule has 6 nitrogen and oxygen atoms in total. The lowest BCUT2D eigenvalue weighted by Crippen LogP contribution is -2.33. The number of nitrogens with one attached hydrogen (secondary N) is 2. The maximum absolute atomic E-state index is 12.0. The molecule has 0 atom stereocenters. The maximum Gasteiger partial charge on any atom is 0.325 e. The number of aromatic nitrogens is 2. The Kier molecular flexibility index (Phi) is 2.85. The van der Waals surface area contributed by atoms with Gasteiger partial charge >= 0.3 is 5.69 Å². The van der Waals surface area contributed by atoms with Gasteiger partial charge in [-0.3, -0.25) is 19.5 Å². The van der Waals surface area contributed by atoms with Crippen LogP contribution in [-0.4, -0.2) is 22.4 Å². The highest BCUT2D eigenvalue weighted by atomic mass is 16.2. The standard InChI is InChI=1S/C12H11N3O3/c1-3-4-8-7(2)6-15(11(8)17)9-5-13-12(18)14-10(9)16/h3-5H,1-2,6H2,(H2,13,14,16,18)/b8-4+. The Morgan fingerprint density at radius 2 is 2.06 bits per heavy atom. The minimum atomic E-state index is -0.615. The van der Waals surface area contributed by atoms with Gasteiger partial charge in [-0.05, 0) is 11.6 Å². The monoisotopic (exact) mass is 245 g/mol. The molecule has 0 aliphatic carbocycles. The molecule has 2 N–H and O–H groups in total. The fourth-order valence-electron chi connectivity index (χ4n) is 1.75. The van der Waals surface area contributed by atoms with Crippen molar-refractivity contribution in [2.24, 2.45) is 0 Å². The molecule has 1 aliphatic heterocycles. The predicted molar refractivity (Wildman–Crippen MR) is 67.5 cm³/mol. The van der Waals surface area contributed by atoms with Crippen molar-refractivity contribution in [3.05, 3.63) is 63.5 Å². The van der Waals surface area contributed by atoms with E-state index >= 15 is 0 Å². The lowest BCUT2D eigenvalue weighted by molar-refractivity contribution is -0.114. The van der Waals surface area contributed by atoms with Crippen LogP contribution in [0.25, 0.3) is 0 Å². The highest BCUT2D eigenvalue weighted by Gasteiger charge is 2.31. The number of carbonyl (C=O) groups excluding carboxylic acids is 1. The van der Waals surface area contributed by atoms with Gasteiger partial charge in [0.2, 0.25) is 0 Å². The molecule has 0 radical (unpaired) electrons. The van der Waals surface area contributed by atoms with E-state index in [4.69, 9.17) is 0 Å². The fraction of sp³-hybridized carbons (Fsp3) is 0.0833. The first-order valence-corrected chi connectivity index (χ1v) is 5.19. The molecule has 1 aliphatic rings. The minimum absolute atomic E-state index is 0.0909. The van der Waals surface area contributed by atoms with Crippen molar-refractivity contribution in [1.29, 1.82) is 0 Å². The van der Waals surface area contributed by atoms with Crippen molar-refractivity contribution >= 4 is 11.6 Å². The third kappa shape index (κ3) is 1.84. The van der Waals surface area contributed by atoms with Crippen LogP contribution in [0.3, 0.4) is 0 Å². The van der Waals surface area contributed by atoms with Gasteiger partial charge in [-0.15, -0.1) is 0 Å². The number of aromatic amines is 2. The molecule has 6 heteroatoms. The van der Waals surface area contributed by atoms with Crippen LogP contribution in [0.2, 0.25) is 0 Å². The first-order chi connectivity index (χ1) is 8.54. The van der Waals surface area contributed by atoms with Crippen LogP contribution in [0.15, 0.2) is 52.2 Å². The lowest BCUT2D eigenvalue weighted by atomic mass is 10.1. The minimum Gasteiger partial charge on any atom is -0.312 e. The van der Waals surface area contributed by atoms with E-state index in [1.54, 1.807) is 6.08 Å². The highest BCUT2D eigenvalue weighted by Crippen LogP contribution is 2.24. The number of rotatable bonds is 2. The van der Waals surface area contributed by atoms with Gasteiger partial charge in [-0.2, -0.15) is 0 Å². The van der Waals surface area contributed by atoms with Gasteiger partial charge in [0.1, 0.15) is 5.69 Å². The quantitative estimate of drug-likeness (QED) is 0.723. The summed E-state index contributed by atoms with van der Waals surface area (Å²) in [6, 6.07) is 0. The van der Waals surface area contributed by atoms with E-state index in [1.807, 2.05) is 0 Å². The molecule has 0 spiro atoms. The first-order valence-electron chi connectivity index (χ1n) is 5.19. The van der Waals surface area contributed by atoms with Gasteiger partial charge < -0.3 is 4.98 Å². The van der Waals surface area contributed by atoms with Crippen LogP contribution < -0.4 is 16.1 Å². The van der Waals surface area contributed by atoms with Crippen LogP contribution in [0.5, 0.6) is 0 Å². The van der Waals surface area contributed by atoms with E-state index in [0.717, 1.165) is 0 Å². The van der Waals surface area contributed by atoms with Crippen molar-refractivity contribution in [1.82, 2.24) is 9.97 Å². The number of amides is 1. The van der Waals surface area contributed by atoms with E-state index < -0.39 is 11.2 Å². The largest absolute Gasteiger partial charge is 0.325 e. The van der Waals surface area contributed by atoms with Gasteiger partial charge in [-0.25, -0.2) is 4.79 Å². The van der Waals surface area contributed by atoms with Gasteiger partial charge in [0, 0.05) is 11.8 Å². The summed E-state index contributed by atoms with van der Waals surface area (Å²) in [6.45, 7) is 7.50. The lowest BCUT2D eigenvalue weighted by Gasteiger charge is -2.12. The van der Waals surface area contributed by atoms with Crippen LogP contribution >= 0.6 is 0 Å². The molecule has 1 aromatic heterocycles. The van der Waals surface area contributed by atoms with Gasteiger partial charge in [0.25, 0.3) is 11.5 Å². The van der Waals surface area contributed by atoms with Gasteiger partial charge in [0.05, 0.1) is 6.54 Å². The molecular weight excluding hydrogens is 234 g/mol. The number of H-pyrrole nitrogens is 2. The van der Waals surface area contributed by atoms with Crippen LogP contribution in [0.4, 0.5) is 5.69 Å². The molecule has 1 saturated heterocycles. The van der Waals surface area contributed by atoms with E-state index in [0.29, 0.717) is 11.1 Å². The summed E-state index contributed by atoms with van der Waals surface area (Å²) < 4.78 is 0. The SMILES string of the molecule is C=C/C=C1\C(=C)CN(c2c[nH]c(=O)[nH]c2=O)C1=O. The molecule has 1 fully saturated rings. The molecular formula is C12H11N3O3. The topological polar surface area (TPSA) is 86.0 Å². The Labute approximate surface area is 102 Å². The van der Waals surface area contributed by atoms with Gasteiger partial charge in [0.15, 0.2) is 0 Å². The molecule has 0 aromatic carbocycles. The number of anilines is 1. The maximum atomic E-state index is 12.0. The number of hydrogen-bond donors (Lipinski definition) is 2.